The van der Waals surface area contributed by atoms with Gasteiger partial charge < -0.3 is 20.1 Å². The molecule has 0 radical (unpaired) electrons. The van der Waals surface area contributed by atoms with Crippen LogP contribution in [0.15, 0.2) is 48.5 Å². The first kappa shape index (κ1) is 29.8. The highest BCUT2D eigenvalue weighted by atomic mass is 19.4. The van der Waals surface area contributed by atoms with E-state index in [1.54, 1.807) is 20.8 Å². The molecule has 2 aromatic carbocycles. The molecule has 0 bridgehead atoms. The van der Waals surface area contributed by atoms with Gasteiger partial charge in [-0.3, -0.25) is 0 Å². The second kappa shape index (κ2) is 11.1. The van der Waals surface area contributed by atoms with Crippen LogP contribution in [0.2, 0.25) is 0 Å². The highest BCUT2D eigenvalue weighted by molar-refractivity contribution is 5.68. The van der Waals surface area contributed by atoms with Crippen LogP contribution in [0, 0.1) is 0 Å². The molecule has 0 aromatic heterocycles. The molecular formula is C27H32F6N2O3. The molecule has 1 amide bonds. The summed E-state index contributed by atoms with van der Waals surface area (Å²) in [5.74, 6) is 0. The average molecular weight is 547 g/mol. The maximum atomic E-state index is 13.3. The van der Waals surface area contributed by atoms with Gasteiger partial charge in [0.15, 0.2) is 0 Å². The van der Waals surface area contributed by atoms with Gasteiger partial charge in [-0.25, -0.2) is 4.79 Å². The van der Waals surface area contributed by atoms with Gasteiger partial charge in [0.2, 0.25) is 0 Å². The Morgan fingerprint density at radius 1 is 1.03 bits per heavy atom. The van der Waals surface area contributed by atoms with Crippen molar-refractivity contribution in [3.63, 3.8) is 0 Å². The van der Waals surface area contributed by atoms with Crippen molar-refractivity contribution in [1.82, 2.24) is 10.6 Å². The van der Waals surface area contributed by atoms with Gasteiger partial charge in [0, 0.05) is 12.6 Å². The molecule has 11 heteroatoms. The summed E-state index contributed by atoms with van der Waals surface area (Å²) in [6.07, 6.45) is -10.5. The molecule has 1 aliphatic heterocycles. The third-order valence-corrected chi connectivity index (χ3v) is 6.31. The molecule has 1 saturated heterocycles. The smallest absolute Gasteiger partial charge is 0.416 e. The fourth-order valence-corrected chi connectivity index (χ4v) is 4.31. The van der Waals surface area contributed by atoms with Crippen LogP contribution in [-0.4, -0.2) is 30.9 Å². The zero-order valence-corrected chi connectivity index (χ0v) is 21.6. The summed E-state index contributed by atoms with van der Waals surface area (Å²) in [5.41, 5.74) is -3.57. The Bertz CT molecular complexity index is 1060. The van der Waals surface area contributed by atoms with Gasteiger partial charge in [0.05, 0.1) is 29.4 Å². The monoisotopic (exact) mass is 546 g/mol. The van der Waals surface area contributed by atoms with Gasteiger partial charge in [-0.15, -0.1) is 0 Å². The van der Waals surface area contributed by atoms with Crippen molar-refractivity contribution in [1.29, 1.82) is 0 Å². The topological polar surface area (TPSA) is 59.6 Å². The van der Waals surface area contributed by atoms with Gasteiger partial charge in [0.1, 0.15) is 5.60 Å². The number of alkyl halides is 6. The number of nitrogens with one attached hydrogen (secondary N) is 2. The van der Waals surface area contributed by atoms with E-state index in [1.165, 1.54) is 6.92 Å². The number of piperidine rings is 1. The maximum Gasteiger partial charge on any atom is 0.416 e. The average Bonchev–Trinajstić information content (AvgIpc) is 2.81. The lowest BCUT2D eigenvalue weighted by Crippen LogP contribution is -2.57. The van der Waals surface area contributed by atoms with Crippen molar-refractivity contribution in [2.45, 2.75) is 76.2 Å². The second-order valence-corrected chi connectivity index (χ2v) is 10.5. The Kier molecular flexibility index (Phi) is 8.72. The molecule has 0 saturated carbocycles. The third kappa shape index (κ3) is 7.86. The Labute approximate surface area is 217 Å². The fraction of sp³-hybridized carbons (Fsp3) is 0.519. The molecule has 2 aromatic rings. The van der Waals surface area contributed by atoms with E-state index in [1.807, 2.05) is 30.3 Å². The van der Waals surface area contributed by atoms with Gasteiger partial charge in [-0.05, 0) is 69.9 Å². The molecule has 1 aliphatic rings. The van der Waals surface area contributed by atoms with Crippen molar-refractivity contribution >= 4 is 6.09 Å². The minimum Gasteiger partial charge on any atom is -0.444 e. The van der Waals surface area contributed by atoms with Crippen molar-refractivity contribution in [2.75, 3.05) is 13.2 Å². The molecule has 0 spiro atoms. The number of alkyl carbamates (subject to hydrolysis) is 1. The summed E-state index contributed by atoms with van der Waals surface area (Å²) in [6, 6.07) is 10.5. The van der Waals surface area contributed by atoms with E-state index in [0.717, 1.165) is 5.56 Å². The predicted octanol–water partition coefficient (Wildman–Crippen LogP) is 6.97. The van der Waals surface area contributed by atoms with Gasteiger partial charge in [-0.2, -0.15) is 26.3 Å². The van der Waals surface area contributed by atoms with E-state index in [-0.39, 0.29) is 24.3 Å². The third-order valence-electron chi connectivity index (χ3n) is 6.31. The minimum atomic E-state index is -4.94. The summed E-state index contributed by atoms with van der Waals surface area (Å²) in [6.45, 7) is 7.03. The van der Waals surface area contributed by atoms with Crippen LogP contribution in [0.5, 0.6) is 0 Å². The van der Waals surface area contributed by atoms with Crippen LogP contribution in [0.3, 0.4) is 0 Å². The number of rotatable bonds is 6. The normalized spacial score (nSPS) is 21.6. The number of hydrogen-bond acceptors (Lipinski definition) is 4. The van der Waals surface area contributed by atoms with E-state index < -0.39 is 46.8 Å². The van der Waals surface area contributed by atoms with Crippen LogP contribution >= 0.6 is 0 Å². The van der Waals surface area contributed by atoms with E-state index >= 15 is 0 Å². The first-order chi connectivity index (χ1) is 17.5. The van der Waals surface area contributed by atoms with E-state index in [0.29, 0.717) is 31.5 Å². The predicted molar refractivity (Wildman–Crippen MR) is 129 cm³/mol. The zero-order chi connectivity index (χ0) is 28.4. The second-order valence-electron chi connectivity index (χ2n) is 10.5. The van der Waals surface area contributed by atoms with E-state index in [9.17, 15) is 31.1 Å². The Morgan fingerprint density at radius 2 is 1.61 bits per heavy atom. The first-order valence-corrected chi connectivity index (χ1v) is 12.2. The Balaban J connectivity index is 1.78. The summed E-state index contributed by atoms with van der Waals surface area (Å²) < 4.78 is 91.2. The van der Waals surface area contributed by atoms with Crippen molar-refractivity contribution < 1.29 is 40.6 Å². The number of hydrogen-bond donors (Lipinski definition) is 2. The Morgan fingerprint density at radius 3 is 2.08 bits per heavy atom. The van der Waals surface area contributed by atoms with Crippen molar-refractivity contribution in [2.24, 2.45) is 0 Å². The van der Waals surface area contributed by atoms with Crippen LogP contribution in [0.25, 0.3) is 0 Å². The zero-order valence-electron chi connectivity index (χ0n) is 21.6. The molecule has 3 atom stereocenters. The maximum absolute atomic E-state index is 13.3. The summed E-state index contributed by atoms with van der Waals surface area (Å²) >= 11 is 0. The summed E-state index contributed by atoms with van der Waals surface area (Å²) in [5, 5.41) is 6.21. The van der Waals surface area contributed by atoms with Crippen LogP contribution < -0.4 is 10.6 Å². The molecule has 5 nitrogen and oxygen atoms in total. The standard InChI is InChI=1S/C27H32F6N2O3/c1-17(18-12-20(26(28,29)30)14-21(13-18)27(31,32)33)37-16-25(19-8-6-5-7-9-19)11-10-22(15-34-25)35-23(36)38-24(2,3)4/h5-9,12-14,17,22,34H,10-11,15-16H2,1-4H3,(H,35,36)/t17-,22-,25-/m1/s1. The van der Waals surface area contributed by atoms with Crippen LogP contribution in [-0.2, 0) is 27.4 Å². The molecule has 3 rings (SSSR count). The number of amides is 1. The summed E-state index contributed by atoms with van der Waals surface area (Å²) in [4.78, 5) is 12.2. The lowest BCUT2D eigenvalue weighted by molar-refractivity contribution is -0.143. The van der Waals surface area contributed by atoms with Gasteiger partial charge in [0.25, 0.3) is 0 Å². The minimum absolute atomic E-state index is 0.0189. The number of carbonyl (C=O) groups excluding carboxylic acids is 1. The Hall–Kier alpha value is -2.79. The van der Waals surface area contributed by atoms with Gasteiger partial charge >= 0.3 is 18.4 Å². The number of benzene rings is 2. The SMILES string of the molecule is C[C@@H](OC[C@@]1(c2ccccc2)CC[C@@H](NC(=O)OC(C)(C)C)CN1)c1cc(C(F)(F)F)cc(C(F)(F)F)c1. The lowest BCUT2D eigenvalue weighted by Gasteiger charge is -2.42. The fourth-order valence-electron chi connectivity index (χ4n) is 4.31. The number of carbonyl (C=O) groups is 1. The van der Waals surface area contributed by atoms with E-state index in [2.05, 4.69) is 10.6 Å². The molecule has 1 heterocycles. The number of halogens is 6. The molecule has 38 heavy (non-hydrogen) atoms. The largest absolute Gasteiger partial charge is 0.444 e. The quantitative estimate of drug-likeness (QED) is 0.384. The first-order valence-electron chi connectivity index (χ1n) is 12.2. The highest BCUT2D eigenvalue weighted by Crippen LogP contribution is 2.39. The molecular weight excluding hydrogens is 514 g/mol. The van der Waals surface area contributed by atoms with Crippen LogP contribution in [0.1, 0.15) is 68.9 Å². The number of ether oxygens (including phenoxy) is 2. The molecule has 210 valence electrons. The highest BCUT2D eigenvalue weighted by Gasteiger charge is 2.40. The molecule has 0 aliphatic carbocycles. The summed E-state index contributed by atoms with van der Waals surface area (Å²) in [7, 11) is 0. The molecule has 2 N–H and O–H groups in total. The van der Waals surface area contributed by atoms with Crippen molar-refractivity contribution in [3.05, 3.63) is 70.8 Å². The molecule has 1 fully saturated rings. The van der Waals surface area contributed by atoms with Crippen molar-refractivity contribution in [3.8, 4) is 0 Å². The lowest BCUT2D eigenvalue weighted by atomic mass is 9.81. The van der Waals surface area contributed by atoms with E-state index in [4.69, 9.17) is 9.47 Å². The van der Waals surface area contributed by atoms with Crippen LogP contribution in [0.4, 0.5) is 31.1 Å². The van der Waals surface area contributed by atoms with Gasteiger partial charge in [-0.1, -0.05) is 30.3 Å². The molecule has 0 unspecified atom stereocenters.